The standard InChI is InChI=1S/C24H30N2O3.ClH/c1-2-14-29-21-10-8-19(9-11-21)23(27)12-13-24(28)26-16-20(15-25)22(17-26)18-6-4-3-5-7-18;/h3-11,20,22H,2,12-17,25H2,1H3;1H/t20-,22+;/m1./s1. The second-order valence-corrected chi connectivity index (χ2v) is 7.61. The van der Waals surface area contributed by atoms with Crippen LogP contribution in [0.4, 0.5) is 0 Å². The second-order valence-electron chi connectivity index (χ2n) is 7.61. The lowest BCUT2D eigenvalue weighted by Crippen LogP contribution is -2.30. The van der Waals surface area contributed by atoms with E-state index >= 15 is 0 Å². The molecule has 1 saturated heterocycles. The third kappa shape index (κ3) is 6.07. The molecular weight excluding hydrogens is 400 g/mol. The molecule has 30 heavy (non-hydrogen) atoms. The van der Waals surface area contributed by atoms with Crippen LogP contribution < -0.4 is 10.5 Å². The van der Waals surface area contributed by atoms with E-state index in [1.54, 1.807) is 12.1 Å². The van der Waals surface area contributed by atoms with Crippen LogP contribution in [-0.4, -0.2) is 42.8 Å². The van der Waals surface area contributed by atoms with Gasteiger partial charge in [-0.05, 0) is 48.7 Å². The maximum absolute atomic E-state index is 12.7. The van der Waals surface area contributed by atoms with Gasteiger partial charge in [0.15, 0.2) is 5.78 Å². The highest BCUT2D eigenvalue weighted by Crippen LogP contribution is 2.32. The van der Waals surface area contributed by atoms with Crippen molar-refractivity contribution < 1.29 is 14.3 Å². The number of carbonyl (C=O) groups excluding carboxylic acids is 2. The average Bonchev–Trinajstić information content (AvgIpc) is 3.21. The van der Waals surface area contributed by atoms with Gasteiger partial charge in [0.25, 0.3) is 0 Å². The third-order valence-corrected chi connectivity index (χ3v) is 5.54. The quantitative estimate of drug-likeness (QED) is 0.609. The van der Waals surface area contributed by atoms with Crippen molar-refractivity contribution in [3.05, 3.63) is 65.7 Å². The van der Waals surface area contributed by atoms with E-state index in [-0.39, 0.29) is 48.8 Å². The maximum Gasteiger partial charge on any atom is 0.223 e. The lowest BCUT2D eigenvalue weighted by molar-refractivity contribution is -0.130. The van der Waals surface area contributed by atoms with Crippen LogP contribution in [0.3, 0.4) is 0 Å². The molecule has 0 saturated carbocycles. The number of benzene rings is 2. The summed E-state index contributed by atoms with van der Waals surface area (Å²) in [5.74, 6) is 1.29. The van der Waals surface area contributed by atoms with Crippen molar-refractivity contribution in [1.29, 1.82) is 0 Å². The molecule has 1 aliphatic heterocycles. The number of halogens is 1. The fourth-order valence-electron chi connectivity index (χ4n) is 3.87. The molecule has 1 amide bonds. The highest BCUT2D eigenvalue weighted by Gasteiger charge is 2.35. The van der Waals surface area contributed by atoms with Crippen LogP contribution in [0, 0.1) is 5.92 Å². The van der Waals surface area contributed by atoms with Crippen molar-refractivity contribution in [3.63, 3.8) is 0 Å². The van der Waals surface area contributed by atoms with Gasteiger partial charge in [-0.1, -0.05) is 37.3 Å². The lowest BCUT2D eigenvalue weighted by Gasteiger charge is -2.16. The zero-order valence-electron chi connectivity index (χ0n) is 17.5. The van der Waals surface area contributed by atoms with E-state index in [0.717, 1.165) is 12.2 Å². The zero-order valence-corrected chi connectivity index (χ0v) is 18.3. The first-order chi connectivity index (χ1) is 14.1. The van der Waals surface area contributed by atoms with Gasteiger partial charge in [-0.2, -0.15) is 0 Å². The third-order valence-electron chi connectivity index (χ3n) is 5.54. The van der Waals surface area contributed by atoms with E-state index in [0.29, 0.717) is 31.8 Å². The molecule has 2 aromatic carbocycles. The van der Waals surface area contributed by atoms with E-state index in [2.05, 4.69) is 12.1 Å². The number of nitrogens with two attached hydrogens (primary N) is 1. The summed E-state index contributed by atoms with van der Waals surface area (Å²) in [5.41, 5.74) is 7.80. The molecule has 1 fully saturated rings. The van der Waals surface area contributed by atoms with Crippen LogP contribution >= 0.6 is 12.4 Å². The number of rotatable bonds is 9. The number of carbonyl (C=O) groups is 2. The van der Waals surface area contributed by atoms with E-state index in [4.69, 9.17) is 10.5 Å². The largest absolute Gasteiger partial charge is 0.494 e. The van der Waals surface area contributed by atoms with Crippen molar-refractivity contribution in [2.24, 2.45) is 11.7 Å². The first-order valence-electron chi connectivity index (χ1n) is 10.4. The first-order valence-corrected chi connectivity index (χ1v) is 10.4. The molecular formula is C24H31ClN2O3. The lowest BCUT2D eigenvalue weighted by atomic mass is 9.89. The zero-order chi connectivity index (χ0) is 20.6. The molecule has 6 heteroatoms. The van der Waals surface area contributed by atoms with Crippen molar-refractivity contribution in [3.8, 4) is 5.75 Å². The Labute approximate surface area is 185 Å². The van der Waals surface area contributed by atoms with E-state index in [9.17, 15) is 9.59 Å². The summed E-state index contributed by atoms with van der Waals surface area (Å²) in [6.45, 7) is 4.59. The SMILES string of the molecule is CCCOc1ccc(C(=O)CCC(=O)N2C[C@@H](CN)[C@H](c3ccccc3)C2)cc1.Cl. The molecule has 2 N–H and O–H groups in total. The Morgan fingerprint density at radius 3 is 2.37 bits per heavy atom. The molecule has 2 atom stereocenters. The Morgan fingerprint density at radius 2 is 1.73 bits per heavy atom. The summed E-state index contributed by atoms with van der Waals surface area (Å²) in [6, 6.07) is 17.4. The number of hydrogen-bond donors (Lipinski definition) is 1. The molecule has 3 rings (SSSR count). The van der Waals surface area contributed by atoms with Crippen LogP contribution in [-0.2, 0) is 4.79 Å². The molecule has 5 nitrogen and oxygen atoms in total. The monoisotopic (exact) mass is 430 g/mol. The minimum absolute atomic E-state index is 0. The van der Waals surface area contributed by atoms with Crippen molar-refractivity contribution in [2.45, 2.75) is 32.1 Å². The van der Waals surface area contributed by atoms with Gasteiger partial charge in [0.05, 0.1) is 6.61 Å². The van der Waals surface area contributed by atoms with Crippen LogP contribution in [0.25, 0.3) is 0 Å². The Hall–Kier alpha value is -2.37. The van der Waals surface area contributed by atoms with Crippen molar-refractivity contribution >= 4 is 24.1 Å². The molecule has 162 valence electrons. The molecule has 1 heterocycles. The van der Waals surface area contributed by atoms with Gasteiger partial charge in [0, 0.05) is 37.4 Å². The molecule has 0 unspecified atom stereocenters. The summed E-state index contributed by atoms with van der Waals surface area (Å²) < 4.78 is 5.54. The second kappa shape index (κ2) is 11.7. The maximum atomic E-state index is 12.7. The van der Waals surface area contributed by atoms with Crippen LogP contribution in [0.2, 0.25) is 0 Å². The van der Waals surface area contributed by atoms with E-state index < -0.39 is 0 Å². The number of ketones is 1. The van der Waals surface area contributed by atoms with Gasteiger partial charge in [-0.25, -0.2) is 0 Å². The summed E-state index contributed by atoms with van der Waals surface area (Å²) >= 11 is 0. The topological polar surface area (TPSA) is 72.6 Å². The summed E-state index contributed by atoms with van der Waals surface area (Å²) in [7, 11) is 0. The predicted molar refractivity (Wildman–Crippen MR) is 121 cm³/mol. The van der Waals surface area contributed by atoms with E-state index in [1.165, 1.54) is 5.56 Å². The minimum atomic E-state index is -0.0189. The van der Waals surface area contributed by atoms with Gasteiger partial charge in [-0.15, -0.1) is 12.4 Å². The highest BCUT2D eigenvalue weighted by molar-refractivity contribution is 5.98. The fraction of sp³-hybridized carbons (Fsp3) is 0.417. The van der Waals surface area contributed by atoms with Crippen LogP contribution in [0.15, 0.2) is 54.6 Å². The first kappa shape index (κ1) is 23.9. The number of likely N-dealkylation sites (tertiary alicyclic amines) is 1. The van der Waals surface area contributed by atoms with Gasteiger partial charge in [0.2, 0.25) is 5.91 Å². The van der Waals surface area contributed by atoms with Gasteiger partial charge >= 0.3 is 0 Å². The number of Topliss-reactive ketones (excluding diaryl/α,β-unsaturated/α-hetero) is 1. The van der Waals surface area contributed by atoms with Gasteiger partial charge in [-0.3, -0.25) is 9.59 Å². The smallest absolute Gasteiger partial charge is 0.223 e. The number of ether oxygens (including phenoxy) is 1. The molecule has 0 bridgehead atoms. The van der Waals surface area contributed by atoms with E-state index in [1.807, 2.05) is 42.2 Å². The van der Waals surface area contributed by atoms with Gasteiger partial charge < -0.3 is 15.4 Å². The number of hydrogen-bond acceptors (Lipinski definition) is 4. The number of amides is 1. The minimum Gasteiger partial charge on any atom is -0.494 e. The molecule has 2 aromatic rings. The van der Waals surface area contributed by atoms with Crippen molar-refractivity contribution in [1.82, 2.24) is 4.90 Å². The molecule has 0 radical (unpaired) electrons. The molecule has 0 aliphatic carbocycles. The summed E-state index contributed by atoms with van der Waals surface area (Å²) in [5, 5.41) is 0. The Kier molecular flexibility index (Phi) is 9.34. The molecule has 0 spiro atoms. The normalized spacial score (nSPS) is 18.0. The Balaban J connectivity index is 0.00000320. The van der Waals surface area contributed by atoms with Crippen molar-refractivity contribution in [2.75, 3.05) is 26.2 Å². The Morgan fingerprint density at radius 1 is 1.03 bits per heavy atom. The predicted octanol–water partition coefficient (Wildman–Crippen LogP) is 4.06. The Bertz CT molecular complexity index is 811. The summed E-state index contributed by atoms with van der Waals surface area (Å²) in [4.78, 5) is 27.0. The van der Waals surface area contributed by atoms with Gasteiger partial charge in [0.1, 0.15) is 5.75 Å². The summed E-state index contributed by atoms with van der Waals surface area (Å²) in [6.07, 6.45) is 1.38. The van der Waals surface area contributed by atoms with Crippen LogP contribution in [0.5, 0.6) is 5.75 Å². The average molecular weight is 431 g/mol. The fourth-order valence-corrected chi connectivity index (χ4v) is 3.87. The van der Waals surface area contributed by atoms with Crippen LogP contribution in [0.1, 0.15) is 48.0 Å². The molecule has 0 aromatic heterocycles. The highest BCUT2D eigenvalue weighted by atomic mass is 35.5. The molecule has 1 aliphatic rings. The number of nitrogens with zero attached hydrogens (tertiary/aromatic N) is 1.